The zero-order valence-electron chi connectivity index (χ0n) is 22.8. The third kappa shape index (κ3) is 5.34. The molecule has 2 aromatic carbocycles. The quantitative estimate of drug-likeness (QED) is 0.435. The minimum absolute atomic E-state index is 0.0410. The van der Waals surface area contributed by atoms with Crippen molar-refractivity contribution in [1.29, 1.82) is 0 Å². The van der Waals surface area contributed by atoms with Crippen molar-refractivity contribution in [2.45, 2.75) is 63.6 Å². The average Bonchev–Trinajstić information content (AvgIpc) is 3.52. The third-order valence-corrected chi connectivity index (χ3v) is 8.92. The monoisotopic (exact) mass is 609 g/mol. The normalized spacial score (nSPS) is 23.8. The predicted molar refractivity (Wildman–Crippen MR) is 157 cm³/mol. The first-order valence-electron chi connectivity index (χ1n) is 14.0. The molecule has 5 rings (SSSR count). The number of amides is 3. The number of aliphatic hydroxyl groups excluding tert-OH is 1. The molecule has 0 aliphatic carbocycles. The van der Waals surface area contributed by atoms with E-state index in [0.717, 1.165) is 48.0 Å². The number of piperidine rings is 1. The molecule has 3 aliphatic rings. The van der Waals surface area contributed by atoms with Crippen LogP contribution in [0, 0.1) is 5.92 Å². The Morgan fingerprint density at radius 3 is 2.62 bits per heavy atom. The van der Waals surface area contributed by atoms with Gasteiger partial charge >= 0.3 is 0 Å². The summed E-state index contributed by atoms with van der Waals surface area (Å²) in [5.41, 5.74) is 1.11. The lowest BCUT2D eigenvalue weighted by molar-refractivity contribution is -0.139. The van der Waals surface area contributed by atoms with Gasteiger partial charge in [-0.1, -0.05) is 47.1 Å². The van der Waals surface area contributed by atoms with Gasteiger partial charge < -0.3 is 24.9 Å². The van der Waals surface area contributed by atoms with E-state index in [9.17, 15) is 24.6 Å². The van der Waals surface area contributed by atoms with Gasteiger partial charge in [-0.2, -0.15) is 0 Å². The van der Waals surface area contributed by atoms with Crippen molar-refractivity contribution in [2.24, 2.45) is 5.92 Å². The summed E-state index contributed by atoms with van der Waals surface area (Å²) in [6.07, 6.45) is 7.76. The number of hydrogen-bond acceptors (Lipinski definition) is 5. The molecule has 0 unspecified atom stereocenters. The second-order valence-electron chi connectivity index (χ2n) is 11.0. The molecule has 3 aliphatic heterocycles. The highest BCUT2D eigenvalue weighted by Gasteiger charge is 2.52. The Hall–Kier alpha value is -3.01. The minimum atomic E-state index is -1.79. The molecule has 0 saturated carbocycles. The standard InChI is InChI=1S/C31H36BrN3O5/c1-21(6-4-9-29(38)34-17-5-7-25(34)20-36)31(40)26-18-23(32)12-15-27(26)35(30(31)39)19-22-10-13-24(14-11-22)33-16-3-2-8-28(33)37/h4,6,10-15,18,21,25,36,40H,2-3,5,7-9,16-17,19-20H2,1H3/b6-4+/t21-,25-,31+/m0/s1. The van der Waals surface area contributed by atoms with Crippen molar-refractivity contribution >= 4 is 45.0 Å². The summed E-state index contributed by atoms with van der Waals surface area (Å²) < 4.78 is 0.755. The third-order valence-electron chi connectivity index (χ3n) is 8.43. The highest BCUT2D eigenvalue weighted by Crippen LogP contribution is 2.46. The summed E-state index contributed by atoms with van der Waals surface area (Å²) in [5, 5.41) is 21.4. The first kappa shape index (κ1) is 28.5. The summed E-state index contributed by atoms with van der Waals surface area (Å²) >= 11 is 3.48. The van der Waals surface area contributed by atoms with Gasteiger partial charge in [-0.15, -0.1) is 0 Å². The van der Waals surface area contributed by atoms with E-state index < -0.39 is 17.4 Å². The fraction of sp³-hybridized carbons (Fsp3) is 0.452. The van der Waals surface area contributed by atoms with Crippen LogP contribution in [0.3, 0.4) is 0 Å². The number of aliphatic hydroxyl groups is 2. The van der Waals surface area contributed by atoms with Crippen LogP contribution in [0.4, 0.5) is 11.4 Å². The first-order valence-corrected chi connectivity index (χ1v) is 14.8. The smallest absolute Gasteiger partial charge is 0.264 e. The second-order valence-corrected chi connectivity index (χ2v) is 11.9. The molecule has 0 radical (unpaired) electrons. The Kier molecular flexibility index (Phi) is 8.44. The lowest BCUT2D eigenvalue weighted by atomic mass is 9.83. The van der Waals surface area contributed by atoms with Crippen LogP contribution in [0.1, 0.15) is 56.6 Å². The molecule has 0 spiro atoms. The van der Waals surface area contributed by atoms with Crippen molar-refractivity contribution in [1.82, 2.24) is 4.90 Å². The Morgan fingerprint density at radius 1 is 1.12 bits per heavy atom. The average molecular weight is 611 g/mol. The minimum Gasteiger partial charge on any atom is -0.394 e. The van der Waals surface area contributed by atoms with Crippen molar-refractivity contribution in [2.75, 3.05) is 29.5 Å². The van der Waals surface area contributed by atoms with Crippen LogP contribution < -0.4 is 9.80 Å². The molecule has 2 fully saturated rings. The predicted octanol–water partition coefficient (Wildman–Crippen LogP) is 4.27. The van der Waals surface area contributed by atoms with Gasteiger partial charge in [0.15, 0.2) is 5.60 Å². The van der Waals surface area contributed by atoms with Gasteiger partial charge in [0.1, 0.15) is 0 Å². The summed E-state index contributed by atoms with van der Waals surface area (Å²) in [4.78, 5) is 44.0. The number of hydrogen-bond donors (Lipinski definition) is 2. The second kappa shape index (κ2) is 11.8. The maximum atomic E-state index is 13.9. The van der Waals surface area contributed by atoms with E-state index in [-0.39, 0.29) is 37.4 Å². The number of rotatable bonds is 8. The molecule has 0 aromatic heterocycles. The van der Waals surface area contributed by atoms with Crippen molar-refractivity contribution < 1.29 is 24.6 Å². The lowest BCUT2D eigenvalue weighted by Crippen LogP contribution is -2.44. The number of fused-ring (bicyclic) bond motifs is 1. The van der Waals surface area contributed by atoms with Crippen LogP contribution in [-0.2, 0) is 26.5 Å². The van der Waals surface area contributed by atoms with Crippen LogP contribution in [0.5, 0.6) is 0 Å². The van der Waals surface area contributed by atoms with Crippen LogP contribution in [0.2, 0.25) is 0 Å². The van der Waals surface area contributed by atoms with Gasteiger partial charge in [0.2, 0.25) is 11.8 Å². The summed E-state index contributed by atoms with van der Waals surface area (Å²) in [6.45, 7) is 3.37. The number of benzene rings is 2. The first-order chi connectivity index (χ1) is 19.2. The van der Waals surface area contributed by atoms with E-state index in [1.807, 2.05) is 41.3 Å². The lowest BCUT2D eigenvalue weighted by Gasteiger charge is -2.28. The number of anilines is 2. The van der Waals surface area contributed by atoms with Gasteiger partial charge in [0.05, 0.1) is 24.9 Å². The molecule has 212 valence electrons. The summed E-state index contributed by atoms with van der Waals surface area (Å²) in [5.74, 6) is -0.940. The zero-order chi connectivity index (χ0) is 28.4. The zero-order valence-corrected chi connectivity index (χ0v) is 24.3. The van der Waals surface area contributed by atoms with Gasteiger partial charge in [0.25, 0.3) is 5.91 Å². The molecule has 2 N–H and O–H groups in total. The number of halogens is 1. The molecule has 3 heterocycles. The van der Waals surface area contributed by atoms with Gasteiger partial charge in [-0.05, 0) is 61.6 Å². The van der Waals surface area contributed by atoms with E-state index >= 15 is 0 Å². The molecule has 40 heavy (non-hydrogen) atoms. The number of likely N-dealkylation sites (tertiary alicyclic amines) is 1. The summed E-state index contributed by atoms with van der Waals surface area (Å²) in [7, 11) is 0. The van der Waals surface area contributed by atoms with E-state index in [0.29, 0.717) is 24.2 Å². The fourth-order valence-corrected chi connectivity index (χ4v) is 6.46. The Labute approximate surface area is 243 Å². The van der Waals surface area contributed by atoms with Gasteiger partial charge in [0, 0.05) is 47.6 Å². The highest BCUT2D eigenvalue weighted by molar-refractivity contribution is 9.10. The molecule has 8 nitrogen and oxygen atoms in total. The Balaban J connectivity index is 1.33. The van der Waals surface area contributed by atoms with E-state index in [1.54, 1.807) is 34.9 Å². The highest BCUT2D eigenvalue weighted by atomic mass is 79.9. The maximum Gasteiger partial charge on any atom is 0.264 e. The van der Waals surface area contributed by atoms with E-state index in [2.05, 4.69) is 15.9 Å². The SMILES string of the molecule is C[C@@H](/C=C/CC(=O)N1CCC[C@H]1CO)[C@]1(O)C(=O)N(Cc2ccc(N3CCCCC3=O)cc2)c2ccc(Br)cc21. The van der Waals surface area contributed by atoms with Crippen molar-refractivity contribution in [3.63, 3.8) is 0 Å². The molecular weight excluding hydrogens is 574 g/mol. The molecule has 3 amide bonds. The van der Waals surface area contributed by atoms with E-state index in [1.165, 1.54) is 0 Å². The van der Waals surface area contributed by atoms with Crippen molar-refractivity contribution in [3.8, 4) is 0 Å². The van der Waals surface area contributed by atoms with Gasteiger partial charge in [-0.25, -0.2) is 0 Å². The molecule has 3 atom stereocenters. The number of carbonyl (C=O) groups is 3. The number of nitrogens with zero attached hydrogens (tertiary/aromatic N) is 3. The molecule has 9 heteroatoms. The van der Waals surface area contributed by atoms with Gasteiger partial charge in [-0.3, -0.25) is 14.4 Å². The van der Waals surface area contributed by atoms with Crippen LogP contribution in [0.25, 0.3) is 0 Å². The topological polar surface area (TPSA) is 101 Å². The van der Waals surface area contributed by atoms with Crippen LogP contribution in [-0.4, -0.2) is 58.6 Å². The largest absolute Gasteiger partial charge is 0.394 e. The summed E-state index contributed by atoms with van der Waals surface area (Å²) in [6, 6.07) is 13.0. The Bertz CT molecular complexity index is 1310. The van der Waals surface area contributed by atoms with Crippen molar-refractivity contribution in [3.05, 3.63) is 70.2 Å². The maximum absolute atomic E-state index is 13.9. The Morgan fingerprint density at radius 2 is 1.90 bits per heavy atom. The molecular formula is C31H36BrN3O5. The van der Waals surface area contributed by atoms with Crippen LogP contribution in [0.15, 0.2) is 59.1 Å². The molecule has 2 aromatic rings. The fourth-order valence-electron chi connectivity index (χ4n) is 6.10. The number of carbonyl (C=O) groups excluding carboxylic acids is 3. The van der Waals surface area contributed by atoms with E-state index in [4.69, 9.17) is 0 Å². The van der Waals surface area contributed by atoms with Crippen LogP contribution >= 0.6 is 15.9 Å². The molecule has 0 bridgehead atoms. The molecule has 2 saturated heterocycles.